The van der Waals surface area contributed by atoms with E-state index in [-0.39, 0.29) is 11.4 Å². The van der Waals surface area contributed by atoms with E-state index in [1.807, 2.05) is 56.3 Å². The molecule has 0 bridgehead atoms. The fourth-order valence-electron chi connectivity index (χ4n) is 1.98. The van der Waals surface area contributed by atoms with Crippen LogP contribution in [-0.2, 0) is 0 Å². The Kier molecular flexibility index (Phi) is 4.11. The molecule has 0 heterocycles. The molecule has 1 unspecified atom stereocenters. The first-order chi connectivity index (χ1) is 9.09. The number of hydrogen-bond donors (Lipinski definition) is 1. The molecule has 0 radical (unpaired) electrons. The van der Waals surface area contributed by atoms with Crippen LogP contribution in [0.25, 0.3) is 10.8 Å². The van der Waals surface area contributed by atoms with Gasteiger partial charge in [0.05, 0.1) is 5.54 Å². The Morgan fingerprint density at radius 2 is 1.89 bits per heavy atom. The van der Waals surface area contributed by atoms with Crippen molar-refractivity contribution in [2.24, 2.45) is 0 Å². The number of rotatable bonds is 4. The zero-order chi connectivity index (χ0) is 13.9. The summed E-state index contributed by atoms with van der Waals surface area (Å²) in [7, 11) is 0. The van der Waals surface area contributed by atoms with E-state index >= 15 is 0 Å². The van der Waals surface area contributed by atoms with Crippen molar-refractivity contribution in [3.8, 4) is 0 Å². The van der Waals surface area contributed by atoms with Crippen molar-refractivity contribution in [3.05, 3.63) is 48.0 Å². The average molecular weight is 276 g/mol. The maximum atomic E-state index is 12.4. The van der Waals surface area contributed by atoms with Crippen molar-refractivity contribution in [2.45, 2.75) is 25.8 Å². The van der Waals surface area contributed by atoms with Gasteiger partial charge in [-0.15, -0.1) is 11.6 Å². The molecular formula is C16H18ClNO. The highest BCUT2D eigenvalue weighted by atomic mass is 35.5. The van der Waals surface area contributed by atoms with E-state index in [1.165, 1.54) is 0 Å². The molecule has 2 aromatic carbocycles. The summed E-state index contributed by atoms with van der Waals surface area (Å²) in [4.78, 5) is 12.4. The van der Waals surface area contributed by atoms with Gasteiger partial charge >= 0.3 is 0 Å². The second-order valence-electron chi connectivity index (χ2n) is 5.03. The maximum absolute atomic E-state index is 12.4. The van der Waals surface area contributed by atoms with E-state index in [9.17, 15) is 4.79 Å². The van der Waals surface area contributed by atoms with E-state index in [4.69, 9.17) is 11.6 Å². The zero-order valence-electron chi connectivity index (χ0n) is 11.2. The lowest BCUT2D eigenvalue weighted by atomic mass is 9.99. The molecule has 2 aromatic rings. The molecule has 0 fully saturated rings. The van der Waals surface area contributed by atoms with Crippen LogP contribution < -0.4 is 5.32 Å². The average Bonchev–Trinajstić information content (AvgIpc) is 2.46. The number of alkyl halides is 1. The first kappa shape index (κ1) is 13.9. The van der Waals surface area contributed by atoms with Crippen molar-refractivity contribution in [3.63, 3.8) is 0 Å². The number of amides is 1. The van der Waals surface area contributed by atoms with Crippen molar-refractivity contribution in [2.75, 3.05) is 5.88 Å². The monoisotopic (exact) mass is 275 g/mol. The molecule has 1 N–H and O–H groups in total. The molecule has 100 valence electrons. The molecule has 3 heteroatoms. The second-order valence-corrected chi connectivity index (χ2v) is 5.30. The Hall–Kier alpha value is -1.54. The van der Waals surface area contributed by atoms with Gasteiger partial charge in [-0.25, -0.2) is 0 Å². The Bertz CT molecular complexity index is 585. The minimum absolute atomic E-state index is 0.0678. The van der Waals surface area contributed by atoms with Crippen molar-refractivity contribution < 1.29 is 4.79 Å². The lowest BCUT2D eigenvalue weighted by Crippen LogP contribution is -2.47. The topological polar surface area (TPSA) is 29.1 Å². The van der Waals surface area contributed by atoms with Crippen LogP contribution in [0.2, 0.25) is 0 Å². The summed E-state index contributed by atoms with van der Waals surface area (Å²) >= 11 is 5.94. The standard InChI is InChI=1S/C16H18ClNO/c1-3-16(2,11-17)18-15(19)14-10-6-8-12-7-4-5-9-13(12)14/h4-10H,3,11H2,1-2H3,(H,18,19). The highest BCUT2D eigenvalue weighted by Gasteiger charge is 2.24. The molecule has 0 aromatic heterocycles. The summed E-state index contributed by atoms with van der Waals surface area (Å²) in [5.74, 6) is 0.335. The largest absolute Gasteiger partial charge is 0.346 e. The van der Waals surface area contributed by atoms with E-state index in [1.54, 1.807) is 0 Å². The van der Waals surface area contributed by atoms with Crippen LogP contribution in [0.3, 0.4) is 0 Å². The third kappa shape index (κ3) is 2.90. The van der Waals surface area contributed by atoms with Crippen molar-refractivity contribution in [1.82, 2.24) is 5.32 Å². The third-order valence-electron chi connectivity index (χ3n) is 3.52. The SMILES string of the molecule is CCC(C)(CCl)NC(=O)c1cccc2ccccc12. The third-order valence-corrected chi connectivity index (χ3v) is 4.11. The smallest absolute Gasteiger partial charge is 0.252 e. The second kappa shape index (κ2) is 5.62. The van der Waals surface area contributed by atoms with Crippen molar-refractivity contribution >= 4 is 28.3 Å². The van der Waals surface area contributed by atoms with Gasteiger partial charge in [0.1, 0.15) is 0 Å². The lowest BCUT2D eigenvalue weighted by molar-refractivity contribution is 0.0914. The van der Waals surface area contributed by atoms with Gasteiger partial charge < -0.3 is 5.32 Å². The molecule has 0 aliphatic heterocycles. The fourth-order valence-corrected chi connectivity index (χ4v) is 2.24. The van der Waals surface area contributed by atoms with E-state index < -0.39 is 0 Å². The van der Waals surface area contributed by atoms with Crippen LogP contribution in [0.1, 0.15) is 30.6 Å². The molecule has 0 aliphatic carbocycles. The summed E-state index contributed by atoms with van der Waals surface area (Å²) < 4.78 is 0. The van der Waals surface area contributed by atoms with Crippen LogP contribution in [0.4, 0.5) is 0 Å². The van der Waals surface area contributed by atoms with Gasteiger partial charge in [0.25, 0.3) is 5.91 Å². The molecule has 1 amide bonds. The van der Waals surface area contributed by atoms with Crippen molar-refractivity contribution in [1.29, 1.82) is 0 Å². The van der Waals surface area contributed by atoms with Gasteiger partial charge in [-0.3, -0.25) is 4.79 Å². The van der Waals surface area contributed by atoms with Gasteiger partial charge in [0, 0.05) is 11.4 Å². The molecule has 0 saturated carbocycles. The number of nitrogens with one attached hydrogen (secondary N) is 1. The Morgan fingerprint density at radius 3 is 2.58 bits per heavy atom. The fraction of sp³-hybridized carbons (Fsp3) is 0.312. The first-order valence-electron chi connectivity index (χ1n) is 6.46. The predicted molar refractivity (Wildman–Crippen MR) is 80.8 cm³/mol. The normalized spacial score (nSPS) is 14.1. The number of benzene rings is 2. The van der Waals surface area contributed by atoms with Crippen LogP contribution in [0.5, 0.6) is 0 Å². The van der Waals surface area contributed by atoms with Gasteiger partial charge in [-0.2, -0.15) is 0 Å². The number of carbonyl (C=O) groups excluding carboxylic acids is 1. The predicted octanol–water partition coefficient (Wildman–Crippen LogP) is 3.98. The zero-order valence-corrected chi connectivity index (χ0v) is 12.0. The van der Waals surface area contributed by atoms with E-state index in [2.05, 4.69) is 5.32 Å². The number of carbonyl (C=O) groups is 1. The van der Waals surface area contributed by atoms with E-state index in [0.717, 1.165) is 17.2 Å². The van der Waals surface area contributed by atoms with Gasteiger partial charge in [-0.1, -0.05) is 43.3 Å². The lowest BCUT2D eigenvalue weighted by Gasteiger charge is -2.27. The number of halogens is 1. The minimum Gasteiger partial charge on any atom is -0.346 e. The molecule has 2 nitrogen and oxygen atoms in total. The molecule has 1 atom stereocenters. The maximum Gasteiger partial charge on any atom is 0.252 e. The molecular weight excluding hydrogens is 258 g/mol. The van der Waals surface area contributed by atoms with Crippen LogP contribution in [-0.4, -0.2) is 17.3 Å². The van der Waals surface area contributed by atoms with Gasteiger partial charge in [0.2, 0.25) is 0 Å². The molecule has 0 spiro atoms. The minimum atomic E-state index is -0.365. The van der Waals surface area contributed by atoms with Gasteiger partial charge in [-0.05, 0) is 30.2 Å². The summed E-state index contributed by atoms with van der Waals surface area (Å²) in [5.41, 5.74) is 0.332. The number of fused-ring (bicyclic) bond motifs is 1. The van der Waals surface area contributed by atoms with Crippen LogP contribution >= 0.6 is 11.6 Å². The van der Waals surface area contributed by atoms with E-state index in [0.29, 0.717) is 11.4 Å². The van der Waals surface area contributed by atoms with Gasteiger partial charge in [0.15, 0.2) is 0 Å². The molecule has 2 rings (SSSR count). The highest BCUT2D eigenvalue weighted by molar-refractivity contribution is 6.19. The summed E-state index contributed by atoms with van der Waals surface area (Å²) in [6.07, 6.45) is 0.799. The molecule has 19 heavy (non-hydrogen) atoms. The van der Waals surface area contributed by atoms with Crippen LogP contribution in [0, 0.1) is 0 Å². The summed E-state index contributed by atoms with van der Waals surface area (Å²) in [5, 5.41) is 5.07. The Labute approximate surface area is 118 Å². The number of hydrogen-bond acceptors (Lipinski definition) is 1. The Balaban J connectivity index is 2.37. The first-order valence-corrected chi connectivity index (χ1v) is 6.99. The van der Waals surface area contributed by atoms with Crippen LogP contribution in [0.15, 0.2) is 42.5 Å². The highest BCUT2D eigenvalue weighted by Crippen LogP contribution is 2.20. The summed E-state index contributed by atoms with van der Waals surface area (Å²) in [6, 6.07) is 13.6. The quantitative estimate of drug-likeness (QED) is 0.841. The molecule has 0 saturated heterocycles. The molecule has 0 aliphatic rings. The summed E-state index contributed by atoms with van der Waals surface area (Å²) in [6.45, 7) is 3.98. The Morgan fingerprint density at radius 1 is 1.21 bits per heavy atom.